The summed E-state index contributed by atoms with van der Waals surface area (Å²) in [5.74, 6) is 7.12. The maximum absolute atomic E-state index is 10.8. The normalized spacial score (nSPS) is 9.72. The smallest absolute Gasteiger partial charge is 0.249 e. The maximum atomic E-state index is 10.8. The van der Waals surface area contributed by atoms with Crippen LogP contribution in [0.15, 0.2) is 62.1 Å². The second kappa shape index (κ2) is 20.6. The first-order chi connectivity index (χ1) is 21.4. The van der Waals surface area contributed by atoms with E-state index in [1.54, 1.807) is 63.2 Å². The second-order valence-electron chi connectivity index (χ2n) is 8.99. The van der Waals surface area contributed by atoms with Gasteiger partial charge in [0, 0.05) is 57.0 Å². The van der Waals surface area contributed by atoms with Gasteiger partial charge in [-0.15, -0.1) is 0 Å². The van der Waals surface area contributed by atoms with Gasteiger partial charge in [-0.3, -0.25) is 0 Å². The van der Waals surface area contributed by atoms with Gasteiger partial charge < -0.3 is 14.0 Å². The van der Waals surface area contributed by atoms with Gasteiger partial charge in [0.1, 0.15) is 33.0 Å². The monoisotopic (exact) mass is 1020 g/mol. The summed E-state index contributed by atoms with van der Waals surface area (Å²) >= 11 is 11.6. The number of allylic oxidation sites excluding steroid dienone is 1. The molecule has 0 fully saturated rings. The van der Waals surface area contributed by atoms with Crippen molar-refractivity contribution >= 4 is 67.5 Å². The van der Waals surface area contributed by atoms with E-state index >= 15 is 0 Å². The molecule has 2 radical (unpaired) electrons. The van der Waals surface area contributed by atoms with Gasteiger partial charge in [0.05, 0.1) is 46.6 Å². The van der Waals surface area contributed by atoms with E-state index in [1.807, 2.05) is 32.9 Å². The van der Waals surface area contributed by atoms with E-state index in [9.17, 15) is 13.0 Å². The molecule has 46 heavy (non-hydrogen) atoms. The number of methoxy groups -OCH3 is 2. The minimum atomic E-state index is -4.33. The standard InChI is InChI=1S/C10H8BrN3O.C9H12O3S.C7H10BrN2O.C3H2ClN.BH.U/c1-6-9(15-2)3-8(11)10-7(4-12)5-13-14(6)10;1-6-4-7(2)9(8(3)5-6)13(10,11)12;1-5-7(11-2)3-6(8)4-10(5)9;1-3(4)2-5;;/h3,5H,1-2H3;4-5H,1-3H3,(H,10,11,12);3-4H,9H2,1-2H3;1H2;1H;/q;;+1;;;/p-1/i;;;;1D;. The minimum absolute atomic E-state index is 0. The van der Waals surface area contributed by atoms with E-state index in [0.717, 1.165) is 42.9 Å². The average molecular weight is 1020 g/mol. The van der Waals surface area contributed by atoms with Crippen LogP contribution in [0.3, 0.4) is 0 Å². The van der Waals surface area contributed by atoms with Crippen LogP contribution in [0.25, 0.3) is 5.52 Å². The number of halogens is 3. The predicted molar refractivity (Wildman–Crippen MR) is 181 cm³/mol. The maximum Gasteiger partial charge on any atom is 0.249 e. The van der Waals surface area contributed by atoms with Gasteiger partial charge in [-0.2, -0.15) is 15.6 Å². The van der Waals surface area contributed by atoms with E-state index in [0.29, 0.717) is 16.7 Å². The third-order valence-electron chi connectivity index (χ3n) is 5.74. The van der Waals surface area contributed by atoms with E-state index < -0.39 is 10.1 Å². The number of nitriles is 2. The van der Waals surface area contributed by atoms with E-state index in [2.05, 4.69) is 58.0 Å². The Balaban J connectivity index is 0. The molecule has 17 heteroatoms. The van der Waals surface area contributed by atoms with Crippen LogP contribution < -0.4 is 20.0 Å². The summed E-state index contributed by atoms with van der Waals surface area (Å²) < 4.78 is 52.9. The summed E-state index contributed by atoms with van der Waals surface area (Å²) in [6, 6.07) is 10.8. The molecule has 1 aromatic carbocycles. The van der Waals surface area contributed by atoms with E-state index in [1.165, 1.54) is 4.68 Å². The summed E-state index contributed by atoms with van der Waals surface area (Å²) in [6.45, 7) is 12.0. The number of hydrogen-bond donors (Lipinski definition) is 1. The molecule has 11 nitrogen and oxygen atoms in total. The molecule has 242 valence electrons. The molecule has 0 aliphatic carbocycles. The van der Waals surface area contributed by atoms with Crippen LogP contribution in [0.1, 0.15) is 33.6 Å². The Labute approximate surface area is 318 Å². The average Bonchev–Trinajstić information content (AvgIpc) is 3.43. The molecule has 0 aliphatic rings. The van der Waals surface area contributed by atoms with Crippen molar-refractivity contribution in [1.82, 2.24) is 9.61 Å². The second-order valence-corrected chi connectivity index (χ2v) is 12.5. The molecular weight excluding hydrogens is 989 g/mol. The third kappa shape index (κ3) is 12.9. The topological polar surface area (TPSA) is 170 Å². The van der Waals surface area contributed by atoms with Crippen LogP contribution in [0.4, 0.5) is 0 Å². The molecule has 0 saturated heterocycles. The summed E-state index contributed by atoms with van der Waals surface area (Å²) in [6.07, 6.45) is 3.32. The molecule has 4 rings (SSSR count). The van der Waals surface area contributed by atoms with Crippen molar-refractivity contribution < 1.29 is 58.2 Å². The summed E-state index contributed by atoms with van der Waals surface area (Å²) in [7, 11) is 2.65. The van der Waals surface area contributed by atoms with Gasteiger partial charge in [-0.05, 0) is 78.1 Å². The molecule has 3 aromatic heterocycles. The van der Waals surface area contributed by atoms with Crippen molar-refractivity contribution in [2.75, 3.05) is 20.1 Å². The summed E-state index contributed by atoms with van der Waals surface area (Å²) in [5, 5.41) is 20.7. The van der Waals surface area contributed by atoms with Crippen molar-refractivity contribution in [3.05, 3.63) is 90.9 Å². The Morgan fingerprint density at radius 3 is 2.02 bits per heavy atom. The molecular formula is C29H32BBr2ClN6O5SU. The number of nitrogens with zero attached hydrogens (tertiary/aromatic N) is 5. The number of fused-ring (bicyclic) bond motifs is 1. The quantitative estimate of drug-likeness (QED) is 0.0956. The Hall–Kier alpha value is -2.54. The molecule has 0 saturated carbocycles. The fraction of sp³-hybridized carbons (Fsp3) is 0.241. The zero-order valence-corrected chi connectivity index (χ0v) is 35.1. The number of aryl methyl sites for hydroxylation is 4. The summed E-state index contributed by atoms with van der Waals surface area (Å²) in [4.78, 5) is -0.0851. The first-order valence-corrected chi connectivity index (χ1v) is 15.7. The van der Waals surface area contributed by atoms with E-state index in [-0.39, 0.29) is 41.0 Å². The Bertz CT molecular complexity index is 1860. The fourth-order valence-electron chi connectivity index (χ4n) is 3.90. The predicted octanol–water partition coefficient (Wildman–Crippen LogP) is 5.18. The first-order valence-electron chi connectivity index (χ1n) is 12.9. The number of hydrogen-bond acceptors (Lipinski definition) is 9. The van der Waals surface area contributed by atoms with Crippen LogP contribution in [-0.4, -0.2) is 46.5 Å². The molecule has 0 atom stereocenters. The molecule has 0 spiro atoms. The van der Waals surface area contributed by atoms with Crippen LogP contribution >= 0.6 is 43.5 Å². The van der Waals surface area contributed by atoms with Gasteiger partial charge in [-0.1, -0.05) is 40.6 Å². The molecule has 4 aromatic rings. The van der Waals surface area contributed by atoms with Gasteiger partial charge >= 0.3 is 0 Å². The van der Waals surface area contributed by atoms with E-state index in [4.69, 9.17) is 38.8 Å². The Morgan fingerprint density at radius 1 is 1.11 bits per heavy atom. The number of ether oxygens (including phenoxy) is 2. The third-order valence-corrected chi connectivity index (χ3v) is 8.01. The minimum Gasteiger partial charge on any atom is -0.744 e. The van der Waals surface area contributed by atoms with Crippen LogP contribution in [0.5, 0.6) is 11.5 Å². The Morgan fingerprint density at radius 2 is 1.61 bits per heavy atom. The molecule has 2 N–H and O–H groups in total. The van der Waals surface area contributed by atoms with Gasteiger partial charge in [0.2, 0.25) is 11.9 Å². The fourth-order valence-corrected chi connectivity index (χ4v) is 5.83. The van der Waals surface area contributed by atoms with Crippen molar-refractivity contribution in [1.29, 1.82) is 11.9 Å². The summed E-state index contributed by atoms with van der Waals surface area (Å²) in [5.41, 5.74) is 5.10. The van der Waals surface area contributed by atoms with Crippen LogP contribution in [0, 0.1) is 88.4 Å². The first kappa shape index (κ1) is 43.5. The number of rotatable bonds is 3. The molecule has 0 amide bonds. The number of pyridine rings is 2. The molecule has 0 aliphatic heterocycles. The zero-order chi connectivity index (χ0) is 35.9. The zero-order valence-electron chi connectivity index (χ0n) is 27.1. The SMILES string of the molecule is C=C(Cl)C#N.COc1cc(Br)c2c(C#N)cnn2c1C.COc1cc(Br)c[n+](N)c1C.Cc1cc(C)c(S(=O)(=O)[O-])c(C)c1.[2H][B].[U]. The number of benzene rings is 1. The van der Waals surface area contributed by atoms with Crippen molar-refractivity contribution in [2.45, 2.75) is 39.5 Å². The Kier molecular flexibility index (Phi) is 19.5. The van der Waals surface area contributed by atoms with Crippen LogP contribution in [-0.2, 0) is 10.1 Å². The van der Waals surface area contributed by atoms with Gasteiger partial charge in [-0.25, -0.2) is 18.8 Å². The van der Waals surface area contributed by atoms with Gasteiger partial charge in [0.25, 0.3) is 0 Å². The van der Waals surface area contributed by atoms with Crippen LogP contribution in [0.2, 0.25) is 0 Å². The van der Waals surface area contributed by atoms with Crippen molar-refractivity contribution in [3.8, 4) is 23.6 Å². The number of aromatic nitrogens is 3. The van der Waals surface area contributed by atoms with Gasteiger partial charge in [0.15, 0.2) is 5.75 Å². The molecule has 0 unspecified atom stereocenters. The van der Waals surface area contributed by atoms with Crippen molar-refractivity contribution in [3.63, 3.8) is 0 Å². The molecule has 3 heterocycles. The largest absolute Gasteiger partial charge is 0.744 e. The number of nitrogens with two attached hydrogens (primary N) is 1. The number of nitrogen functional groups attached to an aromatic ring is 1. The molecule has 0 bridgehead atoms. The van der Waals surface area contributed by atoms with Crippen molar-refractivity contribution in [2.24, 2.45) is 0 Å².